The lowest BCUT2D eigenvalue weighted by Crippen LogP contribution is -2.45. The van der Waals surface area contributed by atoms with Crippen molar-refractivity contribution in [1.82, 2.24) is 5.32 Å². The topological polar surface area (TPSA) is 108 Å². The normalized spacial score (nSPS) is 14.7. The number of aliphatic hydroxyl groups excluding tert-OH is 1. The molecule has 0 saturated carbocycles. The number of nitrogens with zero attached hydrogens (tertiary/aromatic N) is 1. The van der Waals surface area contributed by atoms with E-state index < -0.39 is 26.6 Å². The Morgan fingerprint density at radius 3 is 1.19 bits per heavy atom. The molecule has 0 aromatic rings. The predicted octanol–water partition coefficient (Wildman–Crippen LogP) is 19.2. The van der Waals surface area contributed by atoms with Crippen molar-refractivity contribution in [1.29, 1.82) is 0 Å². The maximum atomic E-state index is 13.0. The molecule has 0 rings (SSSR count). The van der Waals surface area contributed by atoms with E-state index in [4.69, 9.17) is 9.05 Å². The minimum Gasteiger partial charge on any atom is -0.756 e. The number of amides is 1. The van der Waals surface area contributed by atoms with Crippen LogP contribution in [0.2, 0.25) is 0 Å². The van der Waals surface area contributed by atoms with Gasteiger partial charge in [-0.05, 0) is 103 Å². The second kappa shape index (κ2) is 58.3. The number of likely N-dealkylation sites (N-methyl/N-ethyl adjacent to an activating group) is 1. The fourth-order valence-electron chi connectivity index (χ4n) is 8.46. The van der Waals surface area contributed by atoms with E-state index in [1.54, 1.807) is 6.08 Å². The molecule has 0 fully saturated rings. The molecule has 0 saturated heterocycles. The largest absolute Gasteiger partial charge is 0.756 e. The molecule has 9 heteroatoms. The number of carbonyl (C=O) groups is 1. The van der Waals surface area contributed by atoms with Gasteiger partial charge in [0, 0.05) is 6.42 Å². The van der Waals surface area contributed by atoms with Crippen molar-refractivity contribution in [2.24, 2.45) is 0 Å². The van der Waals surface area contributed by atoms with Crippen molar-refractivity contribution in [3.63, 3.8) is 0 Å². The van der Waals surface area contributed by atoms with Crippen LogP contribution >= 0.6 is 7.82 Å². The summed E-state index contributed by atoms with van der Waals surface area (Å²) < 4.78 is 23.4. The average Bonchev–Trinajstić information content (AvgIpc) is 3.41. The lowest BCUT2D eigenvalue weighted by Gasteiger charge is -2.29. The highest BCUT2D eigenvalue weighted by Gasteiger charge is 2.23. The van der Waals surface area contributed by atoms with Gasteiger partial charge in [-0.15, -0.1) is 0 Å². The first-order valence-corrected chi connectivity index (χ1v) is 33.0. The summed E-state index contributed by atoms with van der Waals surface area (Å²) in [6, 6.07) is -0.920. The predicted molar refractivity (Wildman–Crippen MR) is 338 cm³/mol. The van der Waals surface area contributed by atoms with Crippen LogP contribution in [0.15, 0.2) is 134 Å². The van der Waals surface area contributed by atoms with Crippen LogP contribution < -0.4 is 10.2 Å². The van der Waals surface area contributed by atoms with Crippen LogP contribution in [0.3, 0.4) is 0 Å². The molecule has 78 heavy (non-hydrogen) atoms. The summed E-state index contributed by atoms with van der Waals surface area (Å²) in [5, 5.41) is 13.9. The maximum absolute atomic E-state index is 13.0. The van der Waals surface area contributed by atoms with E-state index in [-0.39, 0.29) is 12.5 Å². The van der Waals surface area contributed by atoms with E-state index in [1.807, 2.05) is 27.2 Å². The number of carbonyl (C=O) groups excluding carboxylic acids is 1. The summed E-state index contributed by atoms with van der Waals surface area (Å²) in [5.74, 6) is -0.223. The van der Waals surface area contributed by atoms with Crippen LogP contribution in [-0.2, 0) is 18.4 Å². The Hall–Kier alpha value is -3.36. The third-order valence-corrected chi connectivity index (χ3v) is 14.3. The first kappa shape index (κ1) is 74.6. The van der Waals surface area contributed by atoms with Gasteiger partial charge in [-0.1, -0.05) is 270 Å². The van der Waals surface area contributed by atoms with Crippen LogP contribution in [-0.4, -0.2) is 68.5 Å². The highest BCUT2D eigenvalue weighted by Crippen LogP contribution is 2.38. The molecule has 0 aromatic heterocycles. The number of unbranched alkanes of at least 4 members (excludes halogenated alkanes) is 23. The first-order valence-electron chi connectivity index (χ1n) is 31.5. The summed E-state index contributed by atoms with van der Waals surface area (Å²) in [4.78, 5) is 25.6. The van der Waals surface area contributed by atoms with Gasteiger partial charge in [0.25, 0.3) is 7.82 Å². The molecule has 0 aromatic carbocycles. The molecule has 0 bridgehead atoms. The Labute approximate surface area is 481 Å². The number of quaternary nitrogens is 1. The first-order chi connectivity index (χ1) is 38.0. The van der Waals surface area contributed by atoms with Crippen LogP contribution in [0.4, 0.5) is 0 Å². The van der Waals surface area contributed by atoms with Crippen molar-refractivity contribution in [2.75, 3.05) is 40.9 Å². The summed E-state index contributed by atoms with van der Waals surface area (Å²) >= 11 is 0. The zero-order chi connectivity index (χ0) is 57.0. The molecule has 0 radical (unpaired) electrons. The van der Waals surface area contributed by atoms with E-state index >= 15 is 0 Å². The molecule has 3 atom stereocenters. The van der Waals surface area contributed by atoms with Gasteiger partial charge in [-0.2, -0.15) is 0 Å². The van der Waals surface area contributed by atoms with Gasteiger partial charge in [0.2, 0.25) is 5.91 Å². The van der Waals surface area contributed by atoms with E-state index in [9.17, 15) is 19.4 Å². The highest BCUT2D eigenvalue weighted by molar-refractivity contribution is 7.45. The Morgan fingerprint density at radius 1 is 0.462 bits per heavy atom. The van der Waals surface area contributed by atoms with Crippen molar-refractivity contribution >= 4 is 13.7 Å². The van der Waals surface area contributed by atoms with Gasteiger partial charge in [-0.3, -0.25) is 9.36 Å². The number of nitrogens with one attached hydrogen (secondary N) is 1. The second-order valence-electron chi connectivity index (χ2n) is 22.0. The zero-order valence-corrected chi connectivity index (χ0v) is 51.7. The fourth-order valence-corrected chi connectivity index (χ4v) is 9.18. The number of allylic oxidation sites excluding steroid dienone is 21. The molecule has 0 aliphatic rings. The molecule has 3 unspecified atom stereocenters. The summed E-state index contributed by atoms with van der Waals surface area (Å²) in [6.45, 7) is 4.50. The molecule has 0 aliphatic carbocycles. The molecule has 446 valence electrons. The molecular weight excluding hydrogens is 984 g/mol. The van der Waals surface area contributed by atoms with Crippen molar-refractivity contribution in [2.45, 2.75) is 257 Å². The van der Waals surface area contributed by atoms with Crippen LogP contribution in [0, 0.1) is 0 Å². The minimum absolute atomic E-state index is 0.0155. The van der Waals surface area contributed by atoms with E-state index in [2.05, 4.69) is 141 Å². The summed E-state index contributed by atoms with van der Waals surface area (Å²) in [7, 11) is 1.22. The third-order valence-electron chi connectivity index (χ3n) is 13.3. The average molecular weight is 1100 g/mol. The summed E-state index contributed by atoms with van der Waals surface area (Å²) in [5.41, 5.74) is 0. The SMILES string of the molecule is CC/C=C\C/C=C\C/C=C\C/C=C\C/C=C\C/C=C\C/C=C\C/C=C\C/C=C\CCCCCCCCCC(=O)NC(COP(=O)([O-])OCC[N+](C)(C)C)C(O)/C=C/CC/C=C/CCCCCCCCCCCCCCCCC. The van der Waals surface area contributed by atoms with Crippen LogP contribution in [0.1, 0.15) is 245 Å². The van der Waals surface area contributed by atoms with Gasteiger partial charge >= 0.3 is 0 Å². The van der Waals surface area contributed by atoms with E-state index in [0.29, 0.717) is 17.4 Å². The molecule has 8 nitrogen and oxygen atoms in total. The van der Waals surface area contributed by atoms with Crippen LogP contribution in [0.25, 0.3) is 0 Å². The lowest BCUT2D eigenvalue weighted by molar-refractivity contribution is -0.870. The van der Waals surface area contributed by atoms with Crippen LogP contribution in [0.5, 0.6) is 0 Å². The molecule has 2 N–H and O–H groups in total. The highest BCUT2D eigenvalue weighted by atomic mass is 31.2. The monoisotopic (exact) mass is 1100 g/mol. The lowest BCUT2D eigenvalue weighted by atomic mass is 10.0. The number of hydrogen-bond acceptors (Lipinski definition) is 6. The maximum Gasteiger partial charge on any atom is 0.268 e. The molecule has 0 aliphatic heterocycles. The quantitative estimate of drug-likeness (QED) is 0.0272. The van der Waals surface area contributed by atoms with Gasteiger partial charge < -0.3 is 28.8 Å². The second-order valence-corrected chi connectivity index (χ2v) is 23.4. The van der Waals surface area contributed by atoms with Crippen molar-refractivity contribution in [3.8, 4) is 0 Å². The number of phosphoric acid groups is 1. The molecular formula is C69H119N2O6P. The van der Waals surface area contributed by atoms with Gasteiger partial charge in [-0.25, -0.2) is 0 Å². The number of aliphatic hydroxyl groups is 1. The molecule has 0 spiro atoms. The molecule has 1 amide bonds. The minimum atomic E-state index is -4.62. The zero-order valence-electron chi connectivity index (χ0n) is 50.8. The Balaban J connectivity index is 4.25. The third kappa shape index (κ3) is 60.3. The van der Waals surface area contributed by atoms with Gasteiger partial charge in [0.05, 0.1) is 39.9 Å². The summed E-state index contributed by atoms with van der Waals surface area (Å²) in [6.07, 6.45) is 88.3. The number of phosphoric ester groups is 1. The fraction of sp³-hybridized carbons (Fsp3) is 0.667. The smallest absolute Gasteiger partial charge is 0.268 e. The Morgan fingerprint density at radius 2 is 0.795 bits per heavy atom. The van der Waals surface area contributed by atoms with Gasteiger partial charge in [0.1, 0.15) is 13.2 Å². The van der Waals surface area contributed by atoms with Crippen molar-refractivity contribution in [3.05, 3.63) is 134 Å². The Bertz CT molecular complexity index is 1730. The number of hydrogen-bond donors (Lipinski definition) is 2. The van der Waals surface area contributed by atoms with E-state index in [0.717, 1.165) is 109 Å². The van der Waals surface area contributed by atoms with Gasteiger partial charge in [0.15, 0.2) is 0 Å². The molecule has 0 heterocycles. The van der Waals surface area contributed by atoms with Crippen molar-refractivity contribution < 1.29 is 32.9 Å². The Kier molecular flexibility index (Phi) is 55.8. The standard InChI is InChI=1S/C69H119N2O6P/c1-6-8-10-12-14-16-18-20-22-24-26-28-29-30-31-32-33-34-35-36-37-38-39-40-41-43-45-47-49-51-53-55-57-59-61-63-69(73)70-67(66-77-78(74,75)76-65-64-71(3,4)5)68(72)62-60-58-56-54-52-50-48-46-44-42-27-25-23-21-19-17-15-13-11-9-7-2/h8,10,14,16,20,22,26,28,30-31,33-34,36-37,39-40,43,45,52,54,60,62,67-68,72H,6-7,9,11-13,15,17-19,21,23-25,27,29,32,35,38,41-42,44,46-51,53,55-59,61,63-66H2,1-5H3,(H-,70,73,74,75)/b10-8-,16-14-,22-20-,28-26-,31-30-,34-33-,37-36-,40-39-,45-43-,54-52+,62-60+. The number of rotatable bonds is 56. The van der Waals surface area contributed by atoms with E-state index in [1.165, 1.54) is 116 Å².